The molecule has 0 unspecified atom stereocenters. The van der Waals surface area contributed by atoms with Crippen molar-refractivity contribution in [3.63, 3.8) is 0 Å². The number of pyridine rings is 2. The highest BCUT2D eigenvalue weighted by molar-refractivity contribution is 5.99. The predicted octanol–water partition coefficient (Wildman–Crippen LogP) is 3.99. The Morgan fingerprint density at radius 2 is 1.74 bits per heavy atom. The van der Waals surface area contributed by atoms with E-state index in [1.54, 1.807) is 18.6 Å². The molecule has 5 nitrogen and oxygen atoms in total. The largest absolute Gasteiger partial charge is 0.435 e. The standard InChI is InChI=1S/C18H10N4O/c1-2-4-13-11(3-1)5-6-14(22-13)12-9-15-16(21-10-12)17-18(23-15)20-8-7-19-17/h1-10H. The molecular weight excluding hydrogens is 288 g/mol. The number of rotatable bonds is 1. The monoisotopic (exact) mass is 298 g/mol. The van der Waals surface area contributed by atoms with E-state index in [-0.39, 0.29) is 0 Å². The third-order valence-electron chi connectivity index (χ3n) is 3.84. The number of hydrogen-bond acceptors (Lipinski definition) is 5. The first-order valence-electron chi connectivity index (χ1n) is 7.24. The first kappa shape index (κ1) is 12.2. The minimum absolute atomic E-state index is 0.499. The van der Waals surface area contributed by atoms with Crippen LogP contribution in [0.25, 0.3) is 44.5 Å². The summed E-state index contributed by atoms with van der Waals surface area (Å²) in [4.78, 5) is 17.6. The summed E-state index contributed by atoms with van der Waals surface area (Å²) in [6, 6.07) is 14.0. The molecule has 0 aliphatic carbocycles. The fourth-order valence-electron chi connectivity index (χ4n) is 2.73. The van der Waals surface area contributed by atoms with Gasteiger partial charge >= 0.3 is 0 Å². The Balaban J connectivity index is 1.73. The van der Waals surface area contributed by atoms with Crippen LogP contribution in [-0.2, 0) is 0 Å². The van der Waals surface area contributed by atoms with Gasteiger partial charge in [-0.2, -0.15) is 0 Å². The molecule has 5 heteroatoms. The molecule has 0 bridgehead atoms. The Kier molecular flexibility index (Phi) is 2.43. The average Bonchev–Trinajstić information content (AvgIpc) is 2.99. The van der Waals surface area contributed by atoms with E-state index in [0.29, 0.717) is 16.8 Å². The minimum Gasteiger partial charge on any atom is -0.435 e. The van der Waals surface area contributed by atoms with Crippen molar-refractivity contribution in [2.75, 3.05) is 0 Å². The Hall–Kier alpha value is -3.34. The van der Waals surface area contributed by atoms with Crippen LogP contribution in [0, 0.1) is 0 Å². The van der Waals surface area contributed by atoms with Crippen molar-refractivity contribution < 1.29 is 4.42 Å². The maximum atomic E-state index is 5.74. The van der Waals surface area contributed by atoms with Gasteiger partial charge in [0.1, 0.15) is 5.52 Å². The Bertz CT molecular complexity index is 1180. The lowest BCUT2D eigenvalue weighted by Crippen LogP contribution is -1.86. The molecule has 0 saturated carbocycles. The van der Waals surface area contributed by atoms with E-state index in [1.807, 2.05) is 36.4 Å². The second-order valence-electron chi connectivity index (χ2n) is 5.27. The number of hydrogen-bond donors (Lipinski definition) is 0. The third-order valence-corrected chi connectivity index (χ3v) is 3.84. The molecule has 5 aromatic rings. The molecule has 0 N–H and O–H groups in total. The van der Waals surface area contributed by atoms with Crippen molar-refractivity contribution in [2.45, 2.75) is 0 Å². The van der Waals surface area contributed by atoms with Crippen LogP contribution in [-0.4, -0.2) is 19.9 Å². The van der Waals surface area contributed by atoms with Crippen molar-refractivity contribution in [3.8, 4) is 11.3 Å². The van der Waals surface area contributed by atoms with Gasteiger partial charge in [0.15, 0.2) is 11.1 Å². The van der Waals surface area contributed by atoms with Gasteiger partial charge in [-0.05, 0) is 18.2 Å². The molecular formula is C18H10N4O. The summed E-state index contributed by atoms with van der Waals surface area (Å²) in [5.74, 6) is 0. The zero-order valence-corrected chi connectivity index (χ0v) is 12.0. The lowest BCUT2D eigenvalue weighted by atomic mass is 10.1. The van der Waals surface area contributed by atoms with E-state index in [1.165, 1.54) is 0 Å². The fourth-order valence-corrected chi connectivity index (χ4v) is 2.73. The van der Waals surface area contributed by atoms with E-state index < -0.39 is 0 Å². The van der Waals surface area contributed by atoms with Crippen LogP contribution in [0.1, 0.15) is 0 Å². The van der Waals surface area contributed by atoms with Gasteiger partial charge in [-0.1, -0.05) is 24.3 Å². The smallest absolute Gasteiger partial charge is 0.247 e. The Morgan fingerprint density at radius 3 is 2.74 bits per heavy atom. The molecule has 108 valence electrons. The summed E-state index contributed by atoms with van der Waals surface area (Å²) in [5.41, 5.74) is 5.29. The summed E-state index contributed by atoms with van der Waals surface area (Å²) in [6.45, 7) is 0. The molecule has 0 atom stereocenters. The fraction of sp³-hybridized carbons (Fsp3) is 0. The van der Waals surface area contributed by atoms with Crippen LogP contribution in [0.3, 0.4) is 0 Å². The van der Waals surface area contributed by atoms with Crippen molar-refractivity contribution >= 4 is 33.2 Å². The Morgan fingerprint density at radius 1 is 0.826 bits per heavy atom. The number of fused-ring (bicyclic) bond motifs is 4. The SMILES string of the molecule is c1ccc2nc(-c3cnc4c(c3)oc3nccnc34)ccc2c1. The summed E-state index contributed by atoms with van der Waals surface area (Å²) in [7, 11) is 0. The molecule has 1 aromatic carbocycles. The molecule has 0 radical (unpaired) electrons. The van der Waals surface area contributed by atoms with Gasteiger partial charge in [0.05, 0.1) is 11.2 Å². The normalized spacial score (nSPS) is 11.5. The summed E-state index contributed by atoms with van der Waals surface area (Å²) in [5, 5.41) is 1.11. The first-order chi connectivity index (χ1) is 11.4. The van der Waals surface area contributed by atoms with Crippen molar-refractivity contribution in [1.82, 2.24) is 19.9 Å². The molecule has 0 saturated heterocycles. The van der Waals surface area contributed by atoms with Gasteiger partial charge in [0.2, 0.25) is 5.71 Å². The third kappa shape index (κ3) is 1.87. The molecule has 0 aliphatic rings. The van der Waals surface area contributed by atoms with Crippen LogP contribution in [0.5, 0.6) is 0 Å². The summed E-state index contributed by atoms with van der Waals surface area (Å²) < 4.78 is 5.74. The zero-order chi connectivity index (χ0) is 15.2. The van der Waals surface area contributed by atoms with E-state index in [4.69, 9.17) is 9.40 Å². The van der Waals surface area contributed by atoms with Crippen LogP contribution < -0.4 is 0 Å². The van der Waals surface area contributed by atoms with Gasteiger partial charge in [-0.15, -0.1) is 0 Å². The van der Waals surface area contributed by atoms with E-state index in [2.05, 4.69) is 21.0 Å². The van der Waals surface area contributed by atoms with Gasteiger partial charge < -0.3 is 4.42 Å². The molecule has 5 rings (SSSR count). The van der Waals surface area contributed by atoms with E-state index >= 15 is 0 Å². The highest BCUT2D eigenvalue weighted by Gasteiger charge is 2.12. The molecule has 23 heavy (non-hydrogen) atoms. The zero-order valence-electron chi connectivity index (χ0n) is 12.0. The number of benzene rings is 1. The molecule has 0 amide bonds. The van der Waals surface area contributed by atoms with E-state index in [0.717, 1.165) is 27.7 Å². The second kappa shape index (κ2) is 4.58. The maximum absolute atomic E-state index is 5.74. The van der Waals surface area contributed by atoms with Crippen LogP contribution >= 0.6 is 0 Å². The second-order valence-corrected chi connectivity index (χ2v) is 5.27. The predicted molar refractivity (Wildman–Crippen MR) is 87.8 cm³/mol. The van der Waals surface area contributed by atoms with Gasteiger partial charge in [0.25, 0.3) is 0 Å². The highest BCUT2D eigenvalue weighted by Crippen LogP contribution is 2.28. The van der Waals surface area contributed by atoms with Crippen LogP contribution in [0.4, 0.5) is 0 Å². The molecule has 4 heterocycles. The summed E-state index contributed by atoms with van der Waals surface area (Å²) in [6.07, 6.45) is 5.04. The van der Waals surface area contributed by atoms with Gasteiger partial charge in [-0.3, -0.25) is 0 Å². The lowest BCUT2D eigenvalue weighted by molar-refractivity contribution is 0.652. The van der Waals surface area contributed by atoms with Gasteiger partial charge in [0, 0.05) is 29.5 Å². The van der Waals surface area contributed by atoms with Crippen LogP contribution in [0.15, 0.2) is 65.5 Å². The number of nitrogens with zero attached hydrogens (tertiary/aromatic N) is 4. The topological polar surface area (TPSA) is 64.7 Å². The first-order valence-corrected chi connectivity index (χ1v) is 7.24. The molecule has 0 fully saturated rings. The highest BCUT2D eigenvalue weighted by atomic mass is 16.3. The van der Waals surface area contributed by atoms with Crippen molar-refractivity contribution in [2.24, 2.45) is 0 Å². The van der Waals surface area contributed by atoms with E-state index in [9.17, 15) is 0 Å². The number of para-hydroxylation sites is 1. The van der Waals surface area contributed by atoms with Gasteiger partial charge in [-0.25, -0.2) is 19.9 Å². The maximum Gasteiger partial charge on any atom is 0.247 e. The minimum atomic E-state index is 0.499. The van der Waals surface area contributed by atoms with Crippen molar-refractivity contribution in [3.05, 3.63) is 61.1 Å². The lowest BCUT2D eigenvalue weighted by Gasteiger charge is -2.02. The average molecular weight is 298 g/mol. The summed E-state index contributed by atoms with van der Waals surface area (Å²) >= 11 is 0. The van der Waals surface area contributed by atoms with Crippen LogP contribution in [0.2, 0.25) is 0 Å². The molecule has 4 aromatic heterocycles. The molecule has 0 spiro atoms. The Labute approximate surface area is 130 Å². The number of furan rings is 1. The molecule has 0 aliphatic heterocycles. The number of aromatic nitrogens is 4. The van der Waals surface area contributed by atoms with Crippen molar-refractivity contribution in [1.29, 1.82) is 0 Å². The quantitative estimate of drug-likeness (QED) is 0.468.